The summed E-state index contributed by atoms with van der Waals surface area (Å²) < 4.78 is 68.3. The maximum atomic E-state index is 13.0. The number of carbonyl (C=O) groups is 4. The van der Waals surface area contributed by atoms with Gasteiger partial charge in [0.05, 0.1) is 26.4 Å². The third-order valence-electron chi connectivity index (χ3n) is 16.8. The highest BCUT2D eigenvalue weighted by Gasteiger charge is 2.30. The van der Waals surface area contributed by atoms with Crippen molar-refractivity contribution in [2.45, 2.75) is 363 Å². The lowest BCUT2D eigenvalue weighted by molar-refractivity contribution is -0.161. The van der Waals surface area contributed by atoms with E-state index >= 15 is 0 Å². The Morgan fingerprint density at radius 3 is 0.798 bits per heavy atom. The van der Waals surface area contributed by atoms with Gasteiger partial charge in [-0.1, -0.05) is 293 Å². The van der Waals surface area contributed by atoms with Gasteiger partial charge in [-0.25, -0.2) is 9.13 Å². The van der Waals surface area contributed by atoms with Crippen molar-refractivity contribution in [1.82, 2.24) is 0 Å². The number of rotatable bonds is 67. The molecule has 89 heavy (non-hydrogen) atoms. The Labute approximate surface area is 543 Å². The molecule has 17 nitrogen and oxygen atoms in total. The largest absolute Gasteiger partial charge is 0.472 e. The molecule has 0 aliphatic rings. The average molecular weight is 1310 g/mol. The number of ether oxygens (including phenoxy) is 4. The molecule has 0 aromatic heterocycles. The highest BCUT2D eigenvalue weighted by atomic mass is 31.2. The van der Waals surface area contributed by atoms with Crippen LogP contribution in [0.5, 0.6) is 0 Å². The zero-order chi connectivity index (χ0) is 66.1. The maximum Gasteiger partial charge on any atom is 0.472 e. The Hall–Kier alpha value is -1.94. The number of hydrogen-bond donors (Lipinski definition) is 3. The summed E-state index contributed by atoms with van der Waals surface area (Å²) in [6, 6.07) is 0. The molecule has 7 atom stereocenters. The van der Waals surface area contributed by atoms with Crippen LogP contribution in [0.4, 0.5) is 0 Å². The van der Waals surface area contributed by atoms with Crippen LogP contribution in [-0.4, -0.2) is 96.7 Å². The normalized spacial score (nSPS) is 14.9. The molecule has 0 saturated carbocycles. The van der Waals surface area contributed by atoms with Crippen LogP contribution >= 0.6 is 15.6 Å². The van der Waals surface area contributed by atoms with E-state index in [1.807, 2.05) is 0 Å². The molecule has 3 N–H and O–H groups in total. The van der Waals surface area contributed by atoms with Crippen molar-refractivity contribution < 1.29 is 80.2 Å². The van der Waals surface area contributed by atoms with Gasteiger partial charge in [0.1, 0.15) is 19.3 Å². The second kappa shape index (κ2) is 59.8. The number of phosphoric acid groups is 2. The lowest BCUT2D eigenvalue weighted by Gasteiger charge is -2.21. The van der Waals surface area contributed by atoms with E-state index in [0.29, 0.717) is 25.7 Å². The number of aliphatic hydroxyl groups excluding tert-OH is 1. The molecule has 0 aromatic carbocycles. The second-order valence-corrected chi connectivity index (χ2v) is 29.6. The smallest absolute Gasteiger partial charge is 0.462 e. The third-order valence-corrected chi connectivity index (χ3v) is 18.7. The highest BCUT2D eigenvalue weighted by molar-refractivity contribution is 7.47. The first kappa shape index (κ1) is 87.1. The summed E-state index contributed by atoms with van der Waals surface area (Å²) in [5, 5.41) is 10.6. The third kappa shape index (κ3) is 62.0. The molecule has 0 aliphatic carbocycles. The minimum absolute atomic E-state index is 0.105. The van der Waals surface area contributed by atoms with Crippen molar-refractivity contribution in [2.75, 3.05) is 39.6 Å². The summed E-state index contributed by atoms with van der Waals surface area (Å²) in [5.74, 6) is 0.895. The Kier molecular flexibility index (Phi) is 58.5. The van der Waals surface area contributed by atoms with Gasteiger partial charge in [0.15, 0.2) is 12.2 Å². The molecule has 0 rings (SSSR count). The summed E-state index contributed by atoms with van der Waals surface area (Å²) in [4.78, 5) is 72.5. The van der Waals surface area contributed by atoms with Crippen molar-refractivity contribution in [3.05, 3.63) is 0 Å². The molecule has 0 bridgehead atoms. The van der Waals surface area contributed by atoms with Crippen molar-refractivity contribution in [3.8, 4) is 0 Å². The first-order chi connectivity index (χ1) is 42.7. The molecule has 528 valence electrons. The van der Waals surface area contributed by atoms with Gasteiger partial charge in [-0.05, 0) is 49.4 Å². The lowest BCUT2D eigenvalue weighted by Crippen LogP contribution is -2.30. The van der Waals surface area contributed by atoms with Gasteiger partial charge in [0.2, 0.25) is 0 Å². The molecule has 0 radical (unpaired) electrons. The van der Waals surface area contributed by atoms with Crippen molar-refractivity contribution in [2.24, 2.45) is 23.7 Å². The Morgan fingerprint density at radius 2 is 0.539 bits per heavy atom. The maximum absolute atomic E-state index is 13.0. The molecular weight excluding hydrogens is 1170 g/mol. The molecule has 0 amide bonds. The molecule has 0 aliphatic heterocycles. The molecule has 19 heteroatoms. The fourth-order valence-corrected chi connectivity index (χ4v) is 12.0. The van der Waals surface area contributed by atoms with Crippen molar-refractivity contribution >= 4 is 39.5 Å². The monoisotopic (exact) mass is 1310 g/mol. The fraction of sp³-hybridized carbons (Fsp3) is 0.943. The van der Waals surface area contributed by atoms with Gasteiger partial charge >= 0.3 is 39.5 Å². The van der Waals surface area contributed by atoms with Gasteiger partial charge in [0.25, 0.3) is 0 Å². The topological polar surface area (TPSA) is 237 Å². The first-order valence-corrected chi connectivity index (χ1v) is 39.3. The van der Waals surface area contributed by atoms with Crippen LogP contribution in [0.1, 0.15) is 344 Å². The van der Waals surface area contributed by atoms with Crippen LogP contribution in [0, 0.1) is 23.7 Å². The van der Waals surface area contributed by atoms with E-state index in [4.69, 9.17) is 37.0 Å². The fourth-order valence-electron chi connectivity index (χ4n) is 10.4. The van der Waals surface area contributed by atoms with E-state index in [9.17, 15) is 43.2 Å². The van der Waals surface area contributed by atoms with E-state index in [-0.39, 0.29) is 25.7 Å². The van der Waals surface area contributed by atoms with E-state index < -0.39 is 97.5 Å². The number of phosphoric ester groups is 2. The number of unbranched alkanes of at least 4 members (excludes halogenated alkanes) is 31. The Bertz CT molecular complexity index is 1770. The summed E-state index contributed by atoms with van der Waals surface area (Å²) in [5.41, 5.74) is 0. The van der Waals surface area contributed by atoms with Crippen LogP contribution in [0.15, 0.2) is 0 Å². The van der Waals surface area contributed by atoms with Crippen LogP contribution < -0.4 is 0 Å². The van der Waals surface area contributed by atoms with Crippen molar-refractivity contribution in [1.29, 1.82) is 0 Å². The number of aliphatic hydroxyl groups is 1. The summed E-state index contributed by atoms with van der Waals surface area (Å²) in [6.07, 6.45) is 41.6. The lowest BCUT2D eigenvalue weighted by atomic mass is 9.99. The molecular formula is C70H136O17P2. The molecule has 0 saturated heterocycles. The number of hydrogen-bond acceptors (Lipinski definition) is 15. The van der Waals surface area contributed by atoms with Gasteiger partial charge in [-0.3, -0.25) is 37.3 Å². The van der Waals surface area contributed by atoms with E-state index in [1.54, 1.807) is 0 Å². The quantitative estimate of drug-likeness (QED) is 0.0222. The molecule has 0 heterocycles. The molecule has 0 fully saturated rings. The Balaban J connectivity index is 5.27. The molecule has 0 spiro atoms. The summed E-state index contributed by atoms with van der Waals surface area (Å²) in [6.45, 7) is 14.1. The van der Waals surface area contributed by atoms with Gasteiger partial charge < -0.3 is 33.8 Å². The van der Waals surface area contributed by atoms with E-state index in [0.717, 1.165) is 120 Å². The van der Waals surface area contributed by atoms with Gasteiger partial charge in [0, 0.05) is 25.7 Å². The Morgan fingerprint density at radius 1 is 0.315 bits per heavy atom. The zero-order valence-corrected chi connectivity index (χ0v) is 59.8. The summed E-state index contributed by atoms with van der Waals surface area (Å²) in [7, 11) is -9.90. The SMILES string of the molecule is CCC(C)CCCCCCCCCCCCC(=O)O[C@H](COC(=O)CCCCCCCCC(C)CC)COP(=O)(O)OCC(O)COP(=O)(O)OC[C@@H](COC(=O)CCCCCCCCCCC(C)C)OC(=O)CCCCCCCCCCCCCC(C)C. The van der Waals surface area contributed by atoms with E-state index in [2.05, 4.69) is 55.4 Å². The standard InChI is InChI=1S/C70H136O17P2/c1-9-62(7)48-40-32-24-17-14-15-19-27-37-45-53-70(75)87-66(57-81-68(73)51-43-35-29-28-33-41-49-63(8)10-2)59-85-89(78,79)83-55-64(71)54-82-88(76,77)84-58-65(56-80-67(72)50-42-34-25-21-20-23-31-39-47-61(5)6)86-69(74)52-44-36-26-18-13-11-12-16-22-30-38-46-60(3)4/h60-66,71H,9-59H2,1-8H3,(H,76,77)(H,78,79)/t62?,63?,64?,65-,66-/m1/s1. The zero-order valence-electron chi connectivity index (χ0n) is 58.1. The first-order valence-electron chi connectivity index (χ1n) is 36.3. The van der Waals surface area contributed by atoms with Crippen LogP contribution in [-0.2, 0) is 65.4 Å². The predicted octanol–water partition coefficient (Wildman–Crippen LogP) is 19.7. The minimum atomic E-state index is -4.95. The predicted molar refractivity (Wildman–Crippen MR) is 358 cm³/mol. The van der Waals surface area contributed by atoms with Gasteiger partial charge in [-0.2, -0.15) is 0 Å². The van der Waals surface area contributed by atoms with E-state index in [1.165, 1.54) is 141 Å². The molecule has 5 unspecified atom stereocenters. The average Bonchev–Trinajstić information content (AvgIpc) is 3.70. The molecule has 0 aromatic rings. The van der Waals surface area contributed by atoms with Crippen LogP contribution in [0.2, 0.25) is 0 Å². The second-order valence-electron chi connectivity index (χ2n) is 26.7. The number of carbonyl (C=O) groups excluding carboxylic acids is 4. The minimum Gasteiger partial charge on any atom is -0.462 e. The van der Waals surface area contributed by atoms with Crippen molar-refractivity contribution in [3.63, 3.8) is 0 Å². The van der Waals surface area contributed by atoms with Gasteiger partial charge in [-0.15, -0.1) is 0 Å². The van der Waals surface area contributed by atoms with Crippen LogP contribution in [0.25, 0.3) is 0 Å². The number of esters is 4. The summed E-state index contributed by atoms with van der Waals surface area (Å²) >= 11 is 0. The highest BCUT2D eigenvalue weighted by Crippen LogP contribution is 2.45. The van der Waals surface area contributed by atoms with Crippen LogP contribution in [0.3, 0.4) is 0 Å².